The summed E-state index contributed by atoms with van der Waals surface area (Å²) in [5.74, 6) is 0.121. The monoisotopic (exact) mass is 301 g/mol. The Labute approximate surface area is 109 Å². The van der Waals surface area contributed by atoms with Crippen molar-refractivity contribution in [2.45, 2.75) is 19.4 Å². The van der Waals surface area contributed by atoms with Crippen molar-refractivity contribution in [1.82, 2.24) is 5.32 Å². The Morgan fingerprint density at radius 1 is 1.59 bits per heavy atom. The lowest BCUT2D eigenvalue weighted by Gasteiger charge is -2.14. The third-order valence-electron chi connectivity index (χ3n) is 2.46. The minimum Gasteiger partial charge on any atom is -0.504 e. The molecule has 1 amide bonds. The summed E-state index contributed by atoms with van der Waals surface area (Å²) in [7, 11) is 1.47. The van der Waals surface area contributed by atoms with Crippen molar-refractivity contribution in [2.24, 2.45) is 0 Å². The van der Waals surface area contributed by atoms with E-state index >= 15 is 0 Å². The van der Waals surface area contributed by atoms with Gasteiger partial charge in [0.2, 0.25) is 0 Å². The number of nitrogens with one attached hydrogen (secondary N) is 1. The third-order valence-corrected chi connectivity index (χ3v) is 3.24. The molecule has 17 heavy (non-hydrogen) atoms. The first kappa shape index (κ1) is 13.8. The fourth-order valence-corrected chi connectivity index (χ4v) is 1.97. The van der Waals surface area contributed by atoms with E-state index in [0.717, 1.165) is 6.42 Å². The van der Waals surface area contributed by atoms with Crippen LogP contribution in [0.3, 0.4) is 0 Å². The fraction of sp³-hybridized carbons (Fsp3) is 0.417. The van der Waals surface area contributed by atoms with Crippen molar-refractivity contribution in [3.8, 4) is 11.5 Å². The number of hydrogen-bond acceptors (Lipinski definition) is 3. The fourth-order valence-electron chi connectivity index (χ4n) is 1.35. The van der Waals surface area contributed by atoms with Gasteiger partial charge in [0, 0.05) is 16.9 Å². The van der Waals surface area contributed by atoms with Gasteiger partial charge in [-0.05, 0) is 24.6 Å². The maximum Gasteiger partial charge on any atom is 0.251 e. The van der Waals surface area contributed by atoms with E-state index in [1.807, 2.05) is 6.92 Å². The number of rotatable bonds is 5. The summed E-state index contributed by atoms with van der Waals surface area (Å²) in [6.07, 6.45) is 0.846. The van der Waals surface area contributed by atoms with Gasteiger partial charge in [0.1, 0.15) is 0 Å². The van der Waals surface area contributed by atoms with Gasteiger partial charge in [-0.3, -0.25) is 4.79 Å². The van der Waals surface area contributed by atoms with E-state index in [2.05, 4.69) is 21.2 Å². The number of benzene rings is 1. The molecule has 1 aromatic carbocycles. The molecule has 1 aromatic rings. The smallest absolute Gasteiger partial charge is 0.251 e. The molecule has 4 nitrogen and oxygen atoms in total. The van der Waals surface area contributed by atoms with Crippen molar-refractivity contribution in [2.75, 3.05) is 12.4 Å². The lowest BCUT2D eigenvalue weighted by atomic mass is 10.1. The van der Waals surface area contributed by atoms with Gasteiger partial charge >= 0.3 is 0 Å². The van der Waals surface area contributed by atoms with Gasteiger partial charge < -0.3 is 15.2 Å². The number of carbonyl (C=O) groups is 1. The van der Waals surface area contributed by atoms with Crippen LogP contribution >= 0.6 is 15.9 Å². The van der Waals surface area contributed by atoms with E-state index in [1.54, 1.807) is 12.1 Å². The highest BCUT2D eigenvalue weighted by Crippen LogP contribution is 2.26. The second-order valence-electron chi connectivity index (χ2n) is 3.62. The van der Waals surface area contributed by atoms with Gasteiger partial charge in [-0.15, -0.1) is 0 Å². The van der Waals surface area contributed by atoms with Crippen LogP contribution in [0.1, 0.15) is 23.7 Å². The second-order valence-corrected chi connectivity index (χ2v) is 4.27. The Balaban J connectivity index is 2.79. The van der Waals surface area contributed by atoms with Crippen LogP contribution in [0.2, 0.25) is 0 Å². The van der Waals surface area contributed by atoms with Gasteiger partial charge in [-0.1, -0.05) is 22.9 Å². The molecule has 0 radical (unpaired) electrons. The van der Waals surface area contributed by atoms with E-state index < -0.39 is 0 Å². The van der Waals surface area contributed by atoms with Gasteiger partial charge in [-0.2, -0.15) is 0 Å². The molecule has 0 aliphatic rings. The van der Waals surface area contributed by atoms with Crippen LogP contribution in [0.25, 0.3) is 0 Å². The summed E-state index contributed by atoms with van der Waals surface area (Å²) in [6.45, 7) is 2.00. The highest BCUT2D eigenvalue weighted by Gasteiger charge is 2.12. The third kappa shape index (κ3) is 3.63. The van der Waals surface area contributed by atoms with Crippen molar-refractivity contribution >= 4 is 21.8 Å². The zero-order valence-electron chi connectivity index (χ0n) is 9.87. The van der Waals surface area contributed by atoms with E-state index in [-0.39, 0.29) is 17.7 Å². The molecule has 0 heterocycles. The minimum atomic E-state index is -0.200. The number of ether oxygens (including phenoxy) is 1. The van der Waals surface area contributed by atoms with E-state index in [9.17, 15) is 9.90 Å². The zero-order valence-corrected chi connectivity index (χ0v) is 11.5. The molecule has 0 saturated carbocycles. The second kappa shape index (κ2) is 6.49. The van der Waals surface area contributed by atoms with Crippen molar-refractivity contribution in [1.29, 1.82) is 0 Å². The van der Waals surface area contributed by atoms with Crippen LogP contribution in [0.4, 0.5) is 0 Å². The summed E-state index contributed by atoms with van der Waals surface area (Å²) < 4.78 is 4.91. The number of alkyl halides is 1. The Morgan fingerprint density at radius 3 is 2.76 bits per heavy atom. The quantitative estimate of drug-likeness (QED) is 0.821. The summed E-state index contributed by atoms with van der Waals surface area (Å²) in [5.41, 5.74) is 0.419. The predicted octanol–water partition coefficient (Wildman–Crippen LogP) is 2.30. The molecule has 1 rings (SSSR count). The molecule has 1 unspecified atom stereocenters. The van der Waals surface area contributed by atoms with Gasteiger partial charge in [0.25, 0.3) is 5.91 Å². The topological polar surface area (TPSA) is 58.6 Å². The van der Waals surface area contributed by atoms with E-state index in [1.165, 1.54) is 13.2 Å². The van der Waals surface area contributed by atoms with E-state index in [4.69, 9.17) is 4.74 Å². The van der Waals surface area contributed by atoms with Crippen LogP contribution in [0.15, 0.2) is 18.2 Å². The number of halogens is 1. The number of aromatic hydroxyl groups is 1. The predicted molar refractivity (Wildman–Crippen MR) is 70.0 cm³/mol. The average Bonchev–Trinajstić information content (AvgIpc) is 2.35. The van der Waals surface area contributed by atoms with Crippen LogP contribution in [0, 0.1) is 0 Å². The number of hydrogen-bond donors (Lipinski definition) is 2. The average molecular weight is 302 g/mol. The Bertz CT molecular complexity index is 391. The number of methoxy groups -OCH3 is 1. The molecule has 0 saturated heterocycles. The molecule has 5 heteroatoms. The minimum absolute atomic E-state index is 0.0351. The van der Waals surface area contributed by atoms with Crippen LogP contribution < -0.4 is 10.1 Å². The lowest BCUT2D eigenvalue weighted by molar-refractivity contribution is 0.0939. The van der Waals surface area contributed by atoms with Gasteiger partial charge in [0.15, 0.2) is 11.5 Å². The summed E-state index contributed by atoms with van der Waals surface area (Å²) in [4.78, 5) is 11.8. The zero-order chi connectivity index (χ0) is 12.8. The largest absolute Gasteiger partial charge is 0.504 e. The van der Waals surface area contributed by atoms with Crippen LogP contribution in [-0.4, -0.2) is 29.5 Å². The molecular formula is C12H16BrNO3. The lowest BCUT2D eigenvalue weighted by Crippen LogP contribution is -2.35. The Morgan fingerprint density at radius 2 is 2.29 bits per heavy atom. The Kier molecular flexibility index (Phi) is 5.28. The van der Waals surface area contributed by atoms with Crippen molar-refractivity contribution in [3.05, 3.63) is 23.8 Å². The van der Waals surface area contributed by atoms with Crippen molar-refractivity contribution in [3.63, 3.8) is 0 Å². The number of phenolic OH excluding ortho intramolecular Hbond substituents is 1. The molecule has 2 N–H and O–H groups in total. The molecule has 0 aromatic heterocycles. The number of amides is 1. The van der Waals surface area contributed by atoms with Crippen LogP contribution in [0.5, 0.6) is 11.5 Å². The molecular weight excluding hydrogens is 286 g/mol. The number of carbonyl (C=O) groups excluding carboxylic acids is 1. The highest BCUT2D eigenvalue weighted by atomic mass is 79.9. The standard InChI is InChI=1S/C12H16BrNO3/c1-3-9(7-13)14-12(16)8-4-5-11(17-2)10(15)6-8/h4-6,9,15H,3,7H2,1-2H3,(H,14,16). The van der Waals surface area contributed by atoms with E-state index in [0.29, 0.717) is 16.6 Å². The first-order valence-corrected chi connectivity index (χ1v) is 6.48. The summed E-state index contributed by atoms with van der Waals surface area (Å²) in [5, 5.41) is 13.1. The summed E-state index contributed by atoms with van der Waals surface area (Å²) in [6, 6.07) is 4.68. The highest BCUT2D eigenvalue weighted by molar-refractivity contribution is 9.09. The maximum absolute atomic E-state index is 11.8. The first-order valence-electron chi connectivity index (χ1n) is 5.36. The molecule has 0 spiro atoms. The molecule has 0 aliphatic carbocycles. The van der Waals surface area contributed by atoms with Crippen LogP contribution in [-0.2, 0) is 0 Å². The SMILES string of the molecule is CCC(CBr)NC(=O)c1ccc(OC)c(O)c1. The van der Waals surface area contributed by atoms with Gasteiger partial charge in [0.05, 0.1) is 7.11 Å². The molecule has 94 valence electrons. The molecule has 0 bridgehead atoms. The summed E-state index contributed by atoms with van der Waals surface area (Å²) >= 11 is 3.33. The Hall–Kier alpha value is -1.23. The first-order chi connectivity index (χ1) is 8.12. The molecule has 1 atom stereocenters. The van der Waals surface area contributed by atoms with Gasteiger partial charge in [-0.25, -0.2) is 0 Å². The normalized spacial score (nSPS) is 11.9. The van der Waals surface area contributed by atoms with Crippen molar-refractivity contribution < 1.29 is 14.6 Å². The maximum atomic E-state index is 11.8. The molecule has 0 fully saturated rings. The molecule has 0 aliphatic heterocycles. The number of phenols is 1.